The van der Waals surface area contributed by atoms with Crippen molar-refractivity contribution in [2.24, 2.45) is 0 Å². The molecule has 19 heavy (non-hydrogen) atoms. The summed E-state index contributed by atoms with van der Waals surface area (Å²) in [5.41, 5.74) is -0.785. The van der Waals surface area contributed by atoms with Gasteiger partial charge in [-0.25, -0.2) is 9.18 Å². The first-order valence-corrected chi connectivity index (χ1v) is 6.18. The number of halogens is 1. The standard InChI is InChI=1S/C11H10FNO5S/c12-6-2-1-3-7(10(6)11(17)18)13-8(14)4-19-5-9(15)16/h1-3H,4-5H2,(H,13,14)(H,15,16)(H,17,18). The molecule has 0 bridgehead atoms. The third kappa shape index (κ3) is 4.59. The first kappa shape index (κ1) is 15.0. The highest BCUT2D eigenvalue weighted by atomic mass is 32.2. The van der Waals surface area contributed by atoms with Crippen LogP contribution in [0.3, 0.4) is 0 Å². The monoisotopic (exact) mass is 287 g/mol. The average molecular weight is 287 g/mol. The minimum Gasteiger partial charge on any atom is -0.481 e. The lowest BCUT2D eigenvalue weighted by Gasteiger charge is -2.08. The molecule has 3 N–H and O–H groups in total. The number of carbonyl (C=O) groups is 3. The molecule has 1 aromatic rings. The van der Waals surface area contributed by atoms with Gasteiger partial charge in [0.25, 0.3) is 0 Å². The Labute approximate surface area is 111 Å². The second-order valence-corrected chi connectivity index (χ2v) is 4.39. The lowest BCUT2D eigenvalue weighted by Crippen LogP contribution is -2.18. The molecule has 1 aromatic carbocycles. The molecule has 1 rings (SSSR count). The number of hydrogen-bond acceptors (Lipinski definition) is 4. The van der Waals surface area contributed by atoms with Crippen molar-refractivity contribution in [3.8, 4) is 0 Å². The lowest BCUT2D eigenvalue weighted by atomic mass is 10.1. The number of thioether (sulfide) groups is 1. The molecule has 0 unspecified atom stereocenters. The quantitative estimate of drug-likeness (QED) is 0.728. The van der Waals surface area contributed by atoms with E-state index in [-0.39, 0.29) is 17.2 Å². The molecule has 1 amide bonds. The van der Waals surface area contributed by atoms with Crippen LogP contribution in [0.1, 0.15) is 10.4 Å². The molecule has 0 radical (unpaired) electrons. The SMILES string of the molecule is O=C(O)CSCC(=O)Nc1cccc(F)c1C(=O)O. The molecular formula is C11H10FNO5S. The average Bonchev–Trinajstić information content (AvgIpc) is 2.27. The summed E-state index contributed by atoms with van der Waals surface area (Å²) in [6.45, 7) is 0. The Balaban J connectivity index is 2.72. The summed E-state index contributed by atoms with van der Waals surface area (Å²) in [6, 6.07) is 3.49. The number of amides is 1. The lowest BCUT2D eigenvalue weighted by molar-refractivity contribution is -0.133. The van der Waals surface area contributed by atoms with Gasteiger partial charge in [-0.3, -0.25) is 9.59 Å². The maximum absolute atomic E-state index is 13.3. The Morgan fingerprint density at radius 1 is 1.21 bits per heavy atom. The topological polar surface area (TPSA) is 104 Å². The van der Waals surface area contributed by atoms with Crippen LogP contribution in [0.5, 0.6) is 0 Å². The van der Waals surface area contributed by atoms with E-state index in [0.717, 1.165) is 17.8 Å². The third-order valence-electron chi connectivity index (χ3n) is 1.96. The van der Waals surface area contributed by atoms with E-state index in [9.17, 15) is 18.8 Å². The Morgan fingerprint density at radius 3 is 2.47 bits per heavy atom. The normalized spacial score (nSPS) is 9.95. The van der Waals surface area contributed by atoms with Gasteiger partial charge in [0.05, 0.1) is 17.2 Å². The van der Waals surface area contributed by atoms with E-state index in [1.807, 2.05) is 0 Å². The van der Waals surface area contributed by atoms with E-state index >= 15 is 0 Å². The molecule has 0 aliphatic carbocycles. The number of carboxylic acid groups (broad SMARTS) is 2. The molecule has 0 aliphatic heterocycles. The van der Waals surface area contributed by atoms with Crippen molar-refractivity contribution in [3.63, 3.8) is 0 Å². The minimum atomic E-state index is -1.49. The molecule has 0 fully saturated rings. The van der Waals surface area contributed by atoms with Crippen LogP contribution < -0.4 is 5.32 Å². The predicted molar refractivity (Wildman–Crippen MR) is 66.9 cm³/mol. The summed E-state index contributed by atoms with van der Waals surface area (Å²) >= 11 is 0.854. The van der Waals surface area contributed by atoms with Crippen molar-refractivity contribution in [2.45, 2.75) is 0 Å². The van der Waals surface area contributed by atoms with Crippen LogP contribution in [0.2, 0.25) is 0 Å². The van der Waals surface area contributed by atoms with Crippen molar-refractivity contribution in [1.29, 1.82) is 0 Å². The zero-order valence-corrected chi connectivity index (χ0v) is 10.4. The number of benzene rings is 1. The van der Waals surface area contributed by atoms with Crippen LogP contribution in [0.4, 0.5) is 10.1 Å². The van der Waals surface area contributed by atoms with Crippen molar-refractivity contribution in [3.05, 3.63) is 29.6 Å². The molecule has 102 valence electrons. The van der Waals surface area contributed by atoms with E-state index in [4.69, 9.17) is 10.2 Å². The van der Waals surface area contributed by atoms with E-state index in [0.29, 0.717) is 0 Å². The third-order valence-corrected chi connectivity index (χ3v) is 2.88. The number of nitrogens with one attached hydrogen (secondary N) is 1. The minimum absolute atomic E-state index is 0.159. The summed E-state index contributed by atoms with van der Waals surface area (Å²) in [6.07, 6.45) is 0. The van der Waals surface area contributed by atoms with E-state index < -0.39 is 29.2 Å². The maximum atomic E-state index is 13.3. The molecule has 6 nitrogen and oxygen atoms in total. The van der Waals surface area contributed by atoms with Gasteiger partial charge in [0.15, 0.2) is 0 Å². The van der Waals surface area contributed by atoms with E-state index in [2.05, 4.69) is 5.32 Å². The second kappa shape index (κ2) is 6.74. The van der Waals surface area contributed by atoms with Gasteiger partial charge in [0.1, 0.15) is 11.4 Å². The number of anilines is 1. The Bertz CT molecular complexity index is 520. The Morgan fingerprint density at radius 2 is 1.89 bits per heavy atom. The van der Waals surface area contributed by atoms with E-state index in [1.165, 1.54) is 12.1 Å². The van der Waals surface area contributed by atoms with Crippen LogP contribution in [0.25, 0.3) is 0 Å². The van der Waals surface area contributed by atoms with Crippen LogP contribution in [0.15, 0.2) is 18.2 Å². The molecule has 0 heterocycles. The molecule has 0 saturated carbocycles. The molecule has 8 heteroatoms. The Hall–Kier alpha value is -2.09. The second-order valence-electron chi connectivity index (χ2n) is 3.40. The van der Waals surface area contributed by atoms with Crippen molar-refractivity contribution in [2.75, 3.05) is 16.8 Å². The number of aromatic carboxylic acids is 1. The number of rotatable bonds is 6. The molecule has 0 aliphatic rings. The van der Waals surface area contributed by atoms with Gasteiger partial charge in [0, 0.05) is 0 Å². The first-order chi connectivity index (χ1) is 8.91. The van der Waals surface area contributed by atoms with Gasteiger partial charge in [0.2, 0.25) is 5.91 Å². The molecule has 0 atom stereocenters. The summed E-state index contributed by atoms with van der Waals surface area (Å²) in [7, 11) is 0. The van der Waals surface area contributed by atoms with Gasteiger partial charge in [-0.2, -0.15) is 0 Å². The fraction of sp³-hybridized carbons (Fsp3) is 0.182. The smallest absolute Gasteiger partial charge is 0.340 e. The van der Waals surface area contributed by atoms with Crippen LogP contribution in [0, 0.1) is 5.82 Å². The van der Waals surface area contributed by atoms with Gasteiger partial charge in [-0.15, -0.1) is 11.8 Å². The molecule has 0 aromatic heterocycles. The van der Waals surface area contributed by atoms with Crippen molar-refractivity contribution in [1.82, 2.24) is 0 Å². The van der Waals surface area contributed by atoms with Crippen LogP contribution in [-0.2, 0) is 9.59 Å². The number of aliphatic carboxylic acids is 1. The molecule has 0 spiro atoms. The van der Waals surface area contributed by atoms with Gasteiger partial charge >= 0.3 is 11.9 Å². The van der Waals surface area contributed by atoms with Crippen molar-refractivity contribution < 1.29 is 29.0 Å². The van der Waals surface area contributed by atoms with Crippen LogP contribution in [-0.4, -0.2) is 39.6 Å². The summed E-state index contributed by atoms with van der Waals surface area (Å²) in [4.78, 5) is 32.5. The van der Waals surface area contributed by atoms with Gasteiger partial charge in [-0.05, 0) is 12.1 Å². The van der Waals surface area contributed by atoms with Crippen molar-refractivity contribution >= 4 is 35.3 Å². The Kier molecular flexibility index (Phi) is 5.31. The molecular weight excluding hydrogens is 277 g/mol. The summed E-state index contributed by atoms with van der Waals surface area (Å²) < 4.78 is 13.3. The first-order valence-electron chi connectivity index (χ1n) is 5.03. The van der Waals surface area contributed by atoms with Crippen LogP contribution >= 0.6 is 11.8 Å². The van der Waals surface area contributed by atoms with Gasteiger partial charge < -0.3 is 15.5 Å². The maximum Gasteiger partial charge on any atom is 0.340 e. The highest BCUT2D eigenvalue weighted by molar-refractivity contribution is 8.00. The number of hydrogen-bond donors (Lipinski definition) is 3. The fourth-order valence-corrected chi connectivity index (χ4v) is 1.80. The summed E-state index contributed by atoms with van der Waals surface area (Å²) in [5, 5.41) is 19.5. The number of carboxylic acids is 2. The molecule has 0 saturated heterocycles. The predicted octanol–water partition coefficient (Wildman–Crippen LogP) is 1.28. The zero-order chi connectivity index (χ0) is 14.4. The number of carbonyl (C=O) groups excluding carboxylic acids is 1. The zero-order valence-electron chi connectivity index (χ0n) is 9.55. The largest absolute Gasteiger partial charge is 0.481 e. The highest BCUT2D eigenvalue weighted by Gasteiger charge is 2.17. The van der Waals surface area contributed by atoms with E-state index in [1.54, 1.807) is 0 Å². The highest BCUT2D eigenvalue weighted by Crippen LogP contribution is 2.19. The van der Waals surface area contributed by atoms with Gasteiger partial charge in [-0.1, -0.05) is 6.07 Å². The summed E-state index contributed by atoms with van der Waals surface area (Å²) in [5.74, 6) is -4.52. The fourth-order valence-electron chi connectivity index (χ4n) is 1.26.